The molecule has 0 saturated carbocycles. The van der Waals surface area contributed by atoms with Crippen molar-refractivity contribution in [3.63, 3.8) is 0 Å². The Hall–Kier alpha value is -0.940. The predicted molar refractivity (Wildman–Crippen MR) is 96.5 cm³/mol. The topological polar surface area (TPSA) is 30.5 Å². The molecule has 0 aromatic heterocycles. The van der Waals surface area contributed by atoms with Crippen LogP contribution >= 0.6 is 0 Å². The van der Waals surface area contributed by atoms with Crippen molar-refractivity contribution in [1.29, 1.82) is 0 Å². The lowest BCUT2D eigenvalue weighted by atomic mass is 9.98. The van der Waals surface area contributed by atoms with Crippen LogP contribution < -0.4 is 10.6 Å². The SMILES string of the molecule is CN1CCN(Cc2ccc(CNCC3CCNCC3)cc2)CC1. The number of nitrogens with one attached hydrogen (secondary N) is 2. The Morgan fingerprint density at radius 3 is 2.35 bits per heavy atom. The number of hydrogen-bond donors (Lipinski definition) is 2. The summed E-state index contributed by atoms with van der Waals surface area (Å²) in [6.07, 6.45) is 2.63. The van der Waals surface area contributed by atoms with Gasteiger partial charge in [0, 0.05) is 39.3 Å². The normalized spacial score (nSPS) is 21.6. The molecule has 4 nitrogen and oxygen atoms in total. The van der Waals surface area contributed by atoms with Crippen molar-refractivity contribution in [3.8, 4) is 0 Å². The van der Waals surface area contributed by atoms with Gasteiger partial charge in [-0.25, -0.2) is 0 Å². The average Bonchev–Trinajstić information content (AvgIpc) is 2.59. The van der Waals surface area contributed by atoms with E-state index in [1.807, 2.05) is 0 Å². The Balaban J connectivity index is 1.38. The number of likely N-dealkylation sites (N-methyl/N-ethyl adjacent to an activating group) is 1. The van der Waals surface area contributed by atoms with E-state index in [0.717, 1.165) is 25.6 Å². The summed E-state index contributed by atoms with van der Waals surface area (Å²) in [6, 6.07) is 9.20. The van der Waals surface area contributed by atoms with Crippen LogP contribution in [0.15, 0.2) is 24.3 Å². The molecule has 2 N–H and O–H groups in total. The molecule has 0 spiro atoms. The van der Waals surface area contributed by atoms with E-state index in [1.165, 1.54) is 63.2 Å². The number of benzene rings is 1. The van der Waals surface area contributed by atoms with Crippen molar-refractivity contribution in [2.75, 3.05) is 52.9 Å². The van der Waals surface area contributed by atoms with Crippen LogP contribution in [0.5, 0.6) is 0 Å². The summed E-state index contributed by atoms with van der Waals surface area (Å²) in [5, 5.41) is 7.06. The van der Waals surface area contributed by atoms with Gasteiger partial charge >= 0.3 is 0 Å². The molecular formula is C19H32N4. The summed E-state index contributed by atoms with van der Waals surface area (Å²) >= 11 is 0. The van der Waals surface area contributed by atoms with E-state index < -0.39 is 0 Å². The lowest BCUT2D eigenvalue weighted by molar-refractivity contribution is 0.148. The molecule has 2 heterocycles. The van der Waals surface area contributed by atoms with Crippen molar-refractivity contribution >= 4 is 0 Å². The highest BCUT2D eigenvalue weighted by Crippen LogP contribution is 2.12. The van der Waals surface area contributed by atoms with E-state index in [0.29, 0.717) is 0 Å². The third-order valence-corrected chi connectivity index (χ3v) is 5.25. The molecule has 0 unspecified atom stereocenters. The van der Waals surface area contributed by atoms with Gasteiger partial charge in [-0.05, 0) is 56.6 Å². The highest BCUT2D eigenvalue weighted by Gasteiger charge is 2.14. The van der Waals surface area contributed by atoms with Gasteiger partial charge in [-0.3, -0.25) is 4.90 Å². The number of piperazine rings is 1. The van der Waals surface area contributed by atoms with E-state index in [4.69, 9.17) is 0 Å². The second-order valence-electron chi connectivity index (χ2n) is 7.22. The first kappa shape index (κ1) is 16.9. The Morgan fingerprint density at radius 1 is 1.00 bits per heavy atom. The van der Waals surface area contributed by atoms with Crippen LogP contribution in [0.25, 0.3) is 0 Å². The monoisotopic (exact) mass is 316 g/mol. The van der Waals surface area contributed by atoms with Gasteiger partial charge in [0.1, 0.15) is 0 Å². The number of rotatable bonds is 6. The maximum atomic E-state index is 3.63. The van der Waals surface area contributed by atoms with Crippen LogP contribution in [0.2, 0.25) is 0 Å². The van der Waals surface area contributed by atoms with Gasteiger partial charge < -0.3 is 15.5 Å². The van der Waals surface area contributed by atoms with Crippen molar-refractivity contribution < 1.29 is 0 Å². The Morgan fingerprint density at radius 2 is 1.65 bits per heavy atom. The van der Waals surface area contributed by atoms with Gasteiger partial charge in [0.2, 0.25) is 0 Å². The van der Waals surface area contributed by atoms with Gasteiger partial charge in [-0.15, -0.1) is 0 Å². The minimum Gasteiger partial charge on any atom is -0.317 e. The molecule has 1 aromatic rings. The van der Waals surface area contributed by atoms with Gasteiger partial charge in [-0.2, -0.15) is 0 Å². The maximum Gasteiger partial charge on any atom is 0.0234 e. The largest absolute Gasteiger partial charge is 0.317 e. The molecule has 0 amide bonds. The summed E-state index contributed by atoms with van der Waals surface area (Å²) in [6.45, 7) is 10.4. The molecule has 4 heteroatoms. The minimum absolute atomic E-state index is 0.854. The fourth-order valence-corrected chi connectivity index (χ4v) is 3.53. The Bertz CT molecular complexity index is 445. The zero-order valence-electron chi connectivity index (χ0n) is 14.6. The quantitative estimate of drug-likeness (QED) is 0.833. The van der Waals surface area contributed by atoms with E-state index >= 15 is 0 Å². The first-order chi connectivity index (χ1) is 11.3. The van der Waals surface area contributed by atoms with E-state index in [9.17, 15) is 0 Å². The van der Waals surface area contributed by atoms with Crippen LogP contribution in [0.3, 0.4) is 0 Å². The fraction of sp³-hybridized carbons (Fsp3) is 0.684. The van der Waals surface area contributed by atoms with Crippen LogP contribution in [-0.4, -0.2) is 62.7 Å². The molecule has 0 radical (unpaired) electrons. The van der Waals surface area contributed by atoms with Crippen LogP contribution in [-0.2, 0) is 13.1 Å². The average molecular weight is 316 g/mol. The lowest BCUT2D eigenvalue weighted by Gasteiger charge is -2.32. The van der Waals surface area contributed by atoms with E-state index in [-0.39, 0.29) is 0 Å². The second kappa shape index (κ2) is 8.78. The maximum absolute atomic E-state index is 3.63. The van der Waals surface area contributed by atoms with Crippen molar-refractivity contribution in [1.82, 2.24) is 20.4 Å². The van der Waals surface area contributed by atoms with E-state index in [2.05, 4.69) is 51.7 Å². The molecule has 0 bridgehead atoms. The summed E-state index contributed by atoms with van der Waals surface area (Å²) in [5.74, 6) is 0.854. The van der Waals surface area contributed by atoms with Crippen LogP contribution in [0.4, 0.5) is 0 Å². The lowest BCUT2D eigenvalue weighted by Crippen LogP contribution is -2.43. The third-order valence-electron chi connectivity index (χ3n) is 5.25. The minimum atomic E-state index is 0.854. The molecular weight excluding hydrogens is 284 g/mol. The third kappa shape index (κ3) is 5.57. The van der Waals surface area contributed by atoms with Gasteiger partial charge in [0.25, 0.3) is 0 Å². The summed E-state index contributed by atoms with van der Waals surface area (Å²) in [5.41, 5.74) is 2.85. The second-order valence-corrected chi connectivity index (χ2v) is 7.22. The van der Waals surface area contributed by atoms with Gasteiger partial charge in [-0.1, -0.05) is 24.3 Å². The summed E-state index contributed by atoms with van der Waals surface area (Å²) in [4.78, 5) is 4.97. The molecule has 2 aliphatic heterocycles. The summed E-state index contributed by atoms with van der Waals surface area (Å²) < 4.78 is 0. The molecule has 2 aliphatic rings. The highest BCUT2D eigenvalue weighted by molar-refractivity contribution is 5.22. The predicted octanol–water partition coefficient (Wildman–Crippen LogP) is 1.52. The summed E-state index contributed by atoms with van der Waals surface area (Å²) in [7, 11) is 2.21. The standard InChI is InChI=1S/C19H32N4/c1-22-10-12-23(13-11-22)16-19-4-2-17(3-5-19)14-21-15-18-6-8-20-9-7-18/h2-5,18,20-21H,6-16H2,1H3. The molecule has 0 atom stereocenters. The molecule has 128 valence electrons. The molecule has 1 aromatic carbocycles. The van der Waals surface area contributed by atoms with Crippen LogP contribution in [0, 0.1) is 5.92 Å². The first-order valence-corrected chi connectivity index (χ1v) is 9.20. The zero-order valence-corrected chi connectivity index (χ0v) is 14.6. The van der Waals surface area contributed by atoms with Crippen molar-refractivity contribution in [2.45, 2.75) is 25.9 Å². The Kier molecular flexibility index (Phi) is 6.46. The van der Waals surface area contributed by atoms with Crippen molar-refractivity contribution in [2.24, 2.45) is 5.92 Å². The highest BCUT2D eigenvalue weighted by atomic mass is 15.2. The smallest absolute Gasteiger partial charge is 0.0234 e. The molecule has 3 rings (SSSR count). The zero-order chi connectivity index (χ0) is 15.9. The number of nitrogens with zero attached hydrogens (tertiary/aromatic N) is 2. The van der Waals surface area contributed by atoms with Gasteiger partial charge in [0.15, 0.2) is 0 Å². The van der Waals surface area contributed by atoms with E-state index in [1.54, 1.807) is 0 Å². The fourth-order valence-electron chi connectivity index (χ4n) is 3.53. The molecule has 2 fully saturated rings. The van der Waals surface area contributed by atoms with Gasteiger partial charge in [0.05, 0.1) is 0 Å². The molecule has 23 heavy (non-hydrogen) atoms. The molecule has 0 aliphatic carbocycles. The first-order valence-electron chi connectivity index (χ1n) is 9.20. The number of piperidine rings is 1. The number of hydrogen-bond acceptors (Lipinski definition) is 4. The Labute approximate surface area is 141 Å². The van der Waals surface area contributed by atoms with Crippen molar-refractivity contribution in [3.05, 3.63) is 35.4 Å². The molecule has 2 saturated heterocycles. The van der Waals surface area contributed by atoms with Crippen LogP contribution in [0.1, 0.15) is 24.0 Å².